The lowest BCUT2D eigenvalue weighted by Gasteiger charge is -2.15. The maximum Gasteiger partial charge on any atom is 0.0434 e. The summed E-state index contributed by atoms with van der Waals surface area (Å²) >= 11 is 0. The lowest BCUT2D eigenvalue weighted by Crippen LogP contribution is -2.26. The van der Waals surface area contributed by atoms with Gasteiger partial charge in [-0.3, -0.25) is 0 Å². The average molecular weight is 143 g/mol. The summed E-state index contributed by atoms with van der Waals surface area (Å²) < 4.78 is 0. The molecule has 3 heteroatoms. The molecule has 3 nitrogen and oxygen atoms in total. The smallest absolute Gasteiger partial charge is 0.0434 e. The lowest BCUT2D eigenvalue weighted by atomic mass is 10.3. The van der Waals surface area contributed by atoms with Crippen LogP contribution in [0.4, 0.5) is 0 Å². The van der Waals surface area contributed by atoms with E-state index in [1.54, 1.807) is 5.01 Å². The molecule has 0 heterocycles. The molecule has 0 aromatic heterocycles. The fraction of sp³-hybridized carbons (Fsp3) is 0.857. The molecule has 0 aliphatic heterocycles. The average Bonchev–Trinajstić information content (AvgIpc) is 1.82. The van der Waals surface area contributed by atoms with E-state index in [0.717, 1.165) is 0 Å². The molecule has 10 heavy (non-hydrogen) atoms. The Morgan fingerprint density at radius 1 is 1.20 bits per heavy atom. The molecular weight excluding hydrogens is 126 g/mol. The highest BCUT2D eigenvalue weighted by molar-refractivity contribution is 5.63. The van der Waals surface area contributed by atoms with Crippen molar-refractivity contribution in [1.82, 2.24) is 9.91 Å². The van der Waals surface area contributed by atoms with Gasteiger partial charge in [0.05, 0.1) is 0 Å². The zero-order valence-electron chi connectivity index (χ0n) is 7.50. The maximum absolute atomic E-state index is 4.11. The van der Waals surface area contributed by atoms with Crippen LogP contribution in [-0.4, -0.2) is 50.4 Å². The molecule has 0 radical (unpaired) electrons. The van der Waals surface area contributed by atoms with Gasteiger partial charge in [0.15, 0.2) is 0 Å². The minimum Gasteiger partial charge on any atom is -0.303 e. The van der Waals surface area contributed by atoms with E-state index < -0.39 is 0 Å². The molecule has 0 aromatic carbocycles. The molecule has 1 atom stereocenters. The third-order valence-electron chi connectivity index (χ3n) is 1.33. The van der Waals surface area contributed by atoms with Gasteiger partial charge in [0.1, 0.15) is 0 Å². The van der Waals surface area contributed by atoms with Gasteiger partial charge in [-0.25, -0.2) is 0 Å². The molecule has 0 saturated carbocycles. The maximum atomic E-state index is 4.11. The summed E-state index contributed by atoms with van der Waals surface area (Å²) in [5.41, 5.74) is 0. The second-order valence-electron chi connectivity index (χ2n) is 2.82. The van der Waals surface area contributed by atoms with Crippen LogP contribution in [0.1, 0.15) is 6.92 Å². The molecule has 0 aliphatic rings. The second kappa shape index (κ2) is 4.28. The Hall–Kier alpha value is -0.570. The Morgan fingerprint density at radius 3 is 2.00 bits per heavy atom. The Kier molecular flexibility index (Phi) is 4.03. The molecule has 0 rings (SSSR count). The van der Waals surface area contributed by atoms with Gasteiger partial charge in [-0.15, -0.1) is 0 Å². The van der Waals surface area contributed by atoms with Crippen LogP contribution in [-0.2, 0) is 0 Å². The van der Waals surface area contributed by atoms with Crippen LogP contribution >= 0.6 is 0 Å². The highest BCUT2D eigenvalue weighted by Crippen LogP contribution is 1.86. The van der Waals surface area contributed by atoms with Crippen molar-refractivity contribution in [2.24, 2.45) is 5.10 Å². The minimum atomic E-state index is 0.405. The Bertz CT molecular complexity index is 107. The first-order valence-electron chi connectivity index (χ1n) is 3.42. The Balaban J connectivity index is 3.66. The SMILES string of the molecule is CC(/C=N/N(C)C)N(C)C. The summed E-state index contributed by atoms with van der Waals surface area (Å²) in [6.45, 7) is 2.10. The van der Waals surface area contributed by atoms with E-state index in [2.05, 4.69) is 16.9 Å². The van der Waals surface area contributed by atoms with Crippen molar-refractivity contribution in [3.63, 3.8) is 0 Å². The molecule has 0 aliphatic carbocycles. The molecule has 0 fully saturated rings. The minimum absolute atomic E-state index is 0.405. The van der Waals surface area contributed by atoms with Crippen LogP contribution in [0.15, 0.2) is 5.10 Å². The molecule has 0 saturated heterocycles. The summed E-state index contributed by atoms with van der Waals surface area (Å²) in [5, 5.41) is 5.90. The quantitative estimate of drug-likeness (QED) is 0.423. The first kappa shape index (κ1) is 9.43. The predicted molar refractivity (Wildman–Crippen MR) is 45.3 cm³/mol. The van der Waals surface area contributed by atoms with Crippen molar-refractivity contribution in [1.29, 1.82) is 0 Å². The molecule has 0 aromatic rings. The van der Waals surface area contributed by atoms with Crippen LogP contribution in [0.5, 0.6) is 0 Å². The third-order valence-corrected chi connectivity index (χ3v) is 1.33. The Morgan fingerprint density at radius 2 is 1.70 bits per heavy atom. The van der Waals surface area contributed by atoms with Gasteiger partial charge in [-0.2, -0.15) is 5.10 Å². The lowest BCUT2D eigenvalue weighted by molar-refractivity contribution is 0.375. The van der Waals surface area contributed by atoms with Crippen LogP contribution in [0.2, 0.25) is 0 Å². The fourth-order valence-corrected chi connectivity index (χ4v) is 0.363. The molecule has 0 spiro atoms. The standard InChI is InChI=1S/C7H17N3/c1-7(9(2)3)6-8-10(4)5/h6-7H,1-5H3/b8-6+. The molecule has 0 bridgehead atoms. The van der Waals surface area contributed by atoms with Crippen molar-refractivity contribution < 1.29 is 0 Å². The van der Waals surface area contributed by atoms with E-state index in [4.69, 9.17) is 0 Å². The van der Waals surface area contributed by atoms with Gasteiger partial charge in [0.2, 0.25) is 0 Å². The highest BCUT2D eigenvalue weighted by Gasteiger charge is 1.98. The summed E-state index contributed by atoms with van der Waals surface area (Å²) in [6, 6.07) is 0.405. The van der Waals surface area contributed by atoms with E-state index in [0.29, 0.717) is 6.04 Å². The van der Waals surface area contributed by atoms with Gasteiger partial charge in [0, 0.05) is 26.4 Å². The van der Waals surface area contributed by atoms with Crippen molar-refractivity contribution in [2.45, 2.75) is 13.0 Å². The van der Waals surface area contributed by atoms with E-state index >= 15 is 0 Å². The largest absolute Gasteiger partial charge is 0.303 e. The first-order chi connectivity index (χ1) is 4.54. The summed E-state index contributed by atoms with van der Waals surface area (Å²) in [7, 11) is 7.90. The van der Waals surface area contributed by atoms with Gasteiger partial charge < -0.3 is 9.91 Å². The van der Waals surface area contributed by atoms with E-state index in [1.807, 2.05) is 34.4 Å². The number of rotatable bonds is 3. The zero-order chi connectivity index (χ0) is 8.15. The number of nitrogens with zero attached hydrogens (tertiary/aromatic N) is 3. The highest BCUT2D eigenvalue weighted by atomic mass is 15.4. The van der Waals surface area contributed by atoms with E-state index in [1.165, 1.54) is 0 Å². The zero-order valence-corrected chi connectivity index (χ0v) is 7.50. The Labute approximate surface area is 63.3 Å². The summed E-state index contributed by atoms with van der Waals surface area (Å²) in [4.78, 5) is 2.10. The summed E-state index contributed by atoms with van der Waals surface area (Å²) in [5.74, 6) is 0. The van der Waals surface area contributed by atoms with Crippen LogP contribution in [0, 0.1) is 0 Å². The van der Waals surface area contributed by atoms with E-state index in [9.17, 15) is 0 Å². The van der Waals surface area contributed by atoms with Crippen molar-refractivity contribution in [3.8, 4) is 0 Å². The number of hydrazone groups is 1. The van der Waals surface area contributed by atoms with Crippen LogP contribution < -0.4 is 0 Å². The predicted octanol–water partition coefficient (Wildman–Crippen LogP) is 0.484. The molecular formula is C7H17N3. The second-order valence-corrected chi connectivity index (χ2v) is 2.82. The number of hydrogen-bond acceptors (Lipinski definition) is 3. The monoisotopic (exact) mass is 143 g/mol. The van der Waals surface area contributed by atoms with Gasteiger partial charge in [-0.1, -0.05) is 0 Å². The van der Waals surface area contributed by atoms with E-state index in [-0.39, 0.29) is 0 Å². The van der Waals surface area contributed by atoms with Crippen molar-refractivity contribution >= 4 is 6.21 Å². The van der Waals surface area contributed by atoms with Crippen LogP contribution in [0.3, 0.4) is 0 Å². The molecule has 60 valence electrons. The molecule has 1 unspecified atom stereocenters. The normalized spacial score (nSPS) is 14.6. The molecule has 0 amide bonds. The topological polar surface area (TPSA) is 18.8 Å². The van der Waals surface area contributed by atoms with Gasteiger partial charge >= 0.3 is 0 Å². The fourth-order valence-electron chi connectivity index (χ4n) is 0.363. The third kappa shape index (κ3) is 4.32. The summed E-state index contributed by atoms with van der Waals surface area (Å²) in [6.07, 6.45) is 1.92. The van der Waals surface area contributed by atoms with Crippen molar-refractivity contribution in [2.75, 3.05) is 28.2 Å². The first-order valence-corrected chi connectivity index (χ1v) is 3.42. The molecule has 0 N–H and O–H groups in total. The van der Waals surface area contributed by atoms with Gasteiger partial charge in [-0.05, 0) is 21.0 Å². The van der Waals surface area contributed by atoms with Crippen LogP contribution in [0.25, 0.3) is 0 Å². The van der Waals surface area contributed by atoms with Crippen molar-refractivity contribution in [3.05, 3.63) is 0 Å². The van der Waals surface area contributed by atoms with Gasteiger partial charge in [0.25, 0.3) is 0 Å². The number of hydrogen-bond donors (Lipinski definition) is 0.